The Morgan fingerprint density at radius 2 is 1.82 bits per heavy atom. The first-order chi connectivity index (χ1) is 7.84. The van der Waals surface area contributed by atoms with E-state index in [1.807, 2.05) is 25.7 Å². The lowest BCUT2D eigenvalue weighted by atomic mass is 9.63. The number of hydrogen-bond donors (Lipinski definition) is 0. The minimum absolute atomic E-state index is 0.138. The van der Waals surface area contributed by atoms with Gasteiger partial charge in [-0.3, -0.25) is 0 Å². The fourth-order valence-electron chi connectivity index (χ4n) is 3.20. The Kier molecular flexibility index (Phi) is 3.13. The van der Waals surface area contributed by atoms with Crippen molar-refractivity contribution in [2.45, 2.75) is 71.4 Å². The van der Waals surface area contributed by atoms with Crippen LogP contribution in [0.25, 0.3) is 0 Å². The predicted octanol–water partition coefficient (Wildman–Crippen LogP) is 3.58. The number of carbonyl (C=O) groups excluding carboxylic acids is 1. The van der Waals surface area contributed by atoms with Gasteiger partial charge in [-0.2, -0.15) is 0 Å². The molecule has 17 heavy (non-hydrogen) atoms. The van der Waals surface area contributed by atoms with E-state index in [9.17, 15) is 4.79 Å². The quantitative estimate of drug-likeness (QED) is 0.646. The second-order valence-corrected chi connectivity index (χ2v) is 6.71. The van der Waals surface area contributed by atoms with Crippen molar-refractivity contribution in [2.75, 3.05) is 6.54 Å². The highest BCUT2D eigenvalue weighted by molar-refractivity contribution is 5.70. The molecule has 1 atom stereocenters. The molecule has 2 rings (SSSR count). The number of nitrogens with zero attached hydrogens (tertiary/aromatic N) is 1. The van der Waals surface area contributed by atoms with Gasteiger partial charge in [0.15, 0.2) is 0 Å². The molecular formula is C14H25NO2. The molecule has 0 aromatic rings. The van der Waals surface area contributed by atoms with Gasteiger partial charge in [0, 0.05) is 18.0 Å². The van der Waals surface area contributed by atoms with Crippen molar-refractivity contribution in [2.24, 2.45) is 5.41 Å². The number of rotatable bonds is 0. The molecule has 3 nitrogen and oxygen atoms in total. The summed E-state index contributed by atoms with van der Waals surface area (Å²) in [6.45, 7) is 8.85. The summed E-state index contributed by atoms with van der Waals surface area (Å²) >= 11 is 0. The van der Waals surface area contributed by atoms with Gasteiger partial charge in [-0.25, -0.2) is 4.79 Å². The lowest BCUT2D eigenvalue weighted by molar-refractivity contribution is -0.0901. The molecule has 0 radical (unpaired) electrons. The molecule has 1 heterocycles. The Hall–Kier alpha value is -0.730. The van der Waals surface area contributed by atoms with E-state index in [0.29, 0.717) is 11.5 Å². The molecule has 1 spiro atoms. The molecule has 0 aromatic carbocycles. The second-order valence-electron chi connectivity index (χ2n) is 6.71. The summed E-state index contributed by atoms with van der Waals surface area (Å²) in [5.74, 6) is 0. The van der Waals surface area contributed by atoms with Gasteiger partial charge in [0.1, 0.15) is 5.60 Å². The lowest BCUT2D eigenvalue weighted by Crippen LogP contribution is -2.66. The van der Waals surface area contributed by atoms with Crippen LogP contribution in [0.15, 0.2) is 0 Å². The molecule has 3 heteroatoms. The number of hydrogen-bond acceptors (Lipinski definition) is 2. The first-order valence-electron chi connectivity index (χ1n) is 6.84. The van der Waals surface area contributed by atoms with E-state index in [4.69, 9.17) is 4.74 Å². The van der Waals surface area contributed by atoms with Gasteiger partial charge in [0.2, 0.25) is 0 Å². The maximum atomic E-state index is 12.0. The summed E-state index contributed by atoms with van der Waals surface area (Å²) in [6, 6.07) is 0.359. The van der Waals surface area contributed by atoms with Gasteiger partial charge in [-0.1, -0.05) is 19.3 Å². The van der Waals surface area contributed by atoms with E-state index in [2.05, 4.69) is 6.92 Å². The highest BCUT2D eigenvalue weighted by Crippen LogP contribution is 2.49. The van der Waals surface area contributed by atoms with E-state index in [-0.39, 0.29) is 11.7 Å². The maximum Gasteiger partial charge on any atom is 0.410 e. The zero-order valence-electron chi connectivity index (χ0n) is 11.6. The van der Waals surface area contributed by atoms with Crippen molar-refractivity contribution < 1.29 is 9.53 Å². The average Bonchev–Trinajstić information content (AvgIpc) is 2.24. The highest BCUT2D eigenvalue weighted by Gasteiger charge is 2.52. The highest BCUT2D eigenvalue weighted by atomic mass is 16.6. The zero-order chi connectivity index (χ0) is 12.7. The standard InChI is InChI=1S/C14H25NO2/c1-11-14(8-6-5-7-9-14)10-15(11)12(16)17-13(2,3)4/h11H,5-10H2,1-4H3. The third-order valence-electron chi connectivity index (χ3n) is 4.32. The third-order valence-corrected chi connectivity index (χ3v) is 4.32. The Morgan fingerprint density at radius 3 is 2.29 bits per heavy atom. The third kappa shape index (κ3) is 2.43. The molecule has 1 amide bonds. The van der Waals surface area contributed by atoms with Gasteiger partial charge < -0.3 is 9.64 Å². The fourth-order valence-corrected chi connectivity index (χ4v) is 3.20. The fraction of sp³-hybridized carbons (Fsp3) is 0.929. The minimum atomic E-state index is -0.383. The molecule has 1 saturated heterocycles. The maximum absolute atomic E-state index is 12.0. The van der Waals surface area contributed by atoms with E-state index in [1.165, 1.54) is 32.1 Å². The van der Waals surface area contributed by atoms with Crippen molar-refractivity contribution in [3.05, 3.63) is 0 Å². The summed E-state index contributed by atoms with van der Waals surface area (Å²) in [5, 5.41) is 0. The van der Waals surface area contributed by atoms with Crippen LogP contribution in [0.3, 0.4) is 0 Å². The van der Waals surface area contributed by atoms with Crippen LogP contribution < -0.4 is 0 Å². The minimum Gasteiger partial charge on any atom is -0.444 e. The summed E-state index contributed by atoms with van der Waals surface area (Å²) in [5.41, 5.74) is 0.0290. The molecule has 0 bridgehead atoms. The molecule has 1 aliphatic heterocycles. The molecule has 2 aliphatic rings. The normalized spacial score (nSPS) is 27.8. The van der Waals surface area contributed by atoms with Crippen LogP contribution in [0.2, 0.25) is 0 Å². The smallest absolute Gasteiger partial charge is 0.410 e. The predicted molar refractivity (Wildman–Crippen MR) is 67.9 cm³/mol. The van der Waals surface area contributed by atoms with Gasteiger partial charge in [-0.05, 0) is 40.5 Å². The molecule has 98 valence electrons. The summed E-state index contributed by atoms with van der Waals surface area (Å²) in [6.07, 6.45) is 6.45. The van der Waals surface area contributed by atoms with Crippen molar-refractivity contribution >= 4 is 6.09 Å². The molecule has 1 unspecified atom stereocenters. The largest absolute Gasteiger partial charge is 0.444 e. The summed E-state index contributed by atoms with van der Waals surface area (Å²) < 4.78 is 5.43. The van der Waals surface area contributed by atoms with E-state index >= 15 is 0 Å². The summed E-state index contributed by atoms with van der Waals surface area (Å²) in [4.78, 5) is 13.9. The molecule has 0 aromatic heterocycles. The monoisotopic (exact) mass is 239 g/mol. The van der Waals surface area contributed by atoms with Crippen molar-refractivity contribution in [3.63, 3.8) is 0 Å². The molecule has 1 aliphatic carbocycles. The van der Waals surface area contributed by atoms with E-state index in [1.54, 1.807) is 0 Å². The van der Waals surface area contributed by atoms with E-state index in [0.717, 1.165) is 6.54 Å². The molecule has 0 N–H and O–H groups in total. The van der Waals surface area contributed by atoms with Crippen LogP contribution in [0.4, 0.5) is 4.79 Å². The number of carbonyl (C=O) groups is 1. The Morgan fingerprint density at radius 1 is 1.24 bits per heavy atom. The van der Waals surface area contributed by atoms with Crippen LogP contribution >= 0.6 is 0 Å². The van der Waals surface area contributed by atoms with E-state index < -0.39 is 0 Å². The lowest BCUT2D eigenvalue weighted by Gasteiger charge is -2.57. The Bertz CT molecular complexity index is 300. The van der Waals surface area contributed by atoms with Crippen molar-refractivity contribution in [3.8, 4) is 0 Å². The van der Waals surface area contributed by atoms with Crippen molar-refractivity contribution in [1.29, 1.82) is 0 Å². The second kappa shape index (κ2) is 4.18. The molecular weight excluding hydrogens is 214 g/mol. The van der Waals surface area contributed by atoms with Crippen LogP contribution in [-0.2, 0) is 4.74 Å². The van der Waals surface area contributed by atoms with Gasteiger partial charge in [0.25, 0.3) is 0 Å². The topological polar surface area (TPSA) is 29.5 Å². The first kappa shape index (κ1) is 12.7. The van der Waals surface area contributed by atoms with Crippen LogP contribution in [0, 0.1) is 5.41 Å². The Balaban J connectivity index is 1.92. The van der Waals surface area contributed by atoms with Crippen molar-refractivity contribution in [1.82, 2.24) is 4.90 Å². The van der Waals surface area contributed by atoms with Gasteiger partial charge in [0.05, 0.1) is 0 Å². The molecule has 2 fully saturated rings. The Labute approximate surface area is 105 Å². The zero-order valence-corrected chi connectivity index (χ0v) is 11.6. The number of ether oxygens (including phenoxy) is 1. The summed E-state index contributed by atoms with van der Waals surface area (Å²) in [7, 11) is 0. The van der Waals surface area contributed by atoms with Gasteiger partial charge in [-0.15, -0.1) is 0 Å². The molecule has 1 saturated carbocycles. The first-order valence-corrected chi connectivity index (χ1v) is 6.84. The number of likely N-dealkylation sites (tertiary alicyclic amines) is 1. The number of amides is 1. The SMILES string of the molecule is CC1N(C(=O)OC(C)(C)C)CC12CCCCC2. The van der Waals surface area contributed by atoms with Crippen LogP contribution in [0.1, 0.15) is 59.8 Å². The van der Waals surface area contributed by atoms with Crippen LogP contribution in [0.5, 0.6) is 0 Å². The average molecular weight is 239 g/mol. The van der Waals surface area contributed by atoms with Crippen LogP contribution in [-0.4, -0.2) is 29.2 Å². The van der Waals surface area contributed by atoms with Gasteiger partial charge >= 0.3 is 6.09 Å².